The Balaban J connectivity index is 2.17. The van der Waals surface area contributed by atoms with Gasteiger partial charge in [-0.1, -0.05) is 30.9 Å². The molecule has 4 heteroatoms. The SMILES string of the molecule is CC(=O)c1cc(Cl)cc(CN2CCCCCCC2)c1O. The standard InChI is InChI=1S/C16H22ClNO2/c1-12(19)15-10-14(17)9-13(16(15)20)11-18-7-5-3-2-4-6-8-18/h9-10,20H,2-8,11H2,1H3. The highest BCUT2D eigenvalue weighted by Crippen LogP contribution is 2.29. The molecule has 1 heterocycles. The minimum atomic E-state index is -0.154. The molecule has 0 amide bonds. The maximum Gasteiger partial charge on any atom is 0.163 e. The van der Waals surface area contributed by atoms with Gasteiger partial charge in [-0.3, -0.25) is 9.69 Å². The number of benzene rings is 1. The molecule has 0 spiro atoms. The third kappa shape index (κ3) is 3.97. The summed E-state index contributed by atoms with van der Waals surface area (Å²) in [6, 6.07) is 3.30. The molecule has 1 N–H and O–H groups in total. The minimum absolute atomic E-state index is 0.0870. The topological polar surface area (TPSA) is 40.5 Å². The molecular formula is C16H22ClNO2. The molecule has 0 aromatic heterocycles. The van der Waals surface area contributed by atoms with Gasteiger partial charge in [0.15, 0.2) is 5.78 Å². The molecule has 0 aliphatic carbocycles. The van der Waals surface area contributed by atoms with Crippen LogP contribution in [0.2, 0.25) is 5.02 Å². The highest BCUT2D eigenvalue weighted by molar-refractivity contribution is 6.31. The van der Waals surface area contributed by atoms with Crippen LogP contribution in [0.3, 0.4) is 0 Å². The summed E-state index contributed by atoms with van der Waals surface area (Å²) >= 11 is 6.06. The van der Waals surface area contributed by atoms with Crippen LogP contribution in [0.4, 0.5) is 0 Å². The number of carbonyl (C=O) groups is 1. The molecule has 1 aliphatic heterocycles. The molecule has 1 fully saturated rings. The summed E-state index contributed by atoms with van der Waals surface area (Å²) in [5.41, 5.74) is 1.07. The Morgan fingerprint density at radius 2 is 1.80 bits per heavy atom. The van der Waals surface area contributed by atoms with Gasteiger partial charge in [0.25, 0.3) is 0 Å². The van der Waals surface area contributed by atoms with E-state index in [1.54, 1.807) is 6.07 Å². The summed E-state index contributed by atoms with van der Waals surface area (Å²) in [5, 5.41) is 10.7. The number of ketones is 1. The van der Waals surface area contributed by atoms with Gasteiger partial charge in [-0.05, 0) is 45.0 Å². The lowest BCUT2D eigenvalue weighted by Gasteiger charge is -2.25. The van der Waals surface area contributed by atoms with Crippen molar-refractivity contribution in [2.24, 2.45) is 0 Å². The van der Waals surface area contributed by atoms with Crippen molar-refractivity contribution in [3.8, 4) is 5.75 Å². The Morgan fingerprint density at radius 1 is 1.20 bits per heavy atom. The zero-order valence-corrected chi connectivity index (χ0v) is 12.7. The van der Waals surface area contributed by atoms with E-state index in [4.69, 9.17) is 11.6 Å². The van der Waals surface area contributed by atoms with Crippen molar-refractivity contribution in [2.45, 2.75) is 45.6 Å². The average molecular weight is 296 g/mol. The Morgan fingerprint density at radius 3 is 2.40 bits per heavy atom. The molecule has 1 aliphatic rings. The maximum absolute atomic E-state index is 11.5. The molecule has 1 aromatic rings. The number of hydrogen-bond donors (Lipinski definition) is 1. The van der Waals surface area contributed by atoms with Crippen molar-refractivity contribution in [2.75, 3.05) is 13.1 Å². The second-order valence-electron chi connectivity index (χ2n) is 5.56. The monoisotopic (exact) mass is 295 g/mol. The Hall–Kier alpha value is -1.06. The highest BCUT2D eigenvalue weighted by atomic mass is 35.5. The van der Waals surface area contributed by atoms with Crippen LogP contribution < -0.4 is 0 Å². The van der Waals surface area contributed by atoms with Crippen molar-refractivity contribution in [1.29, 1.82) is 0 Å². The summed E-state index contributed by atoms with van der Waals surface area (Å²) in [5.74, 6) is -0.0668. The molecule has 0 radical (unpaired) electrons. The molecule has 1 saturated heterocycles. The average Bonchev–Trinajstić information content (AvgIpc) is 2.35. The van der Waals surface area contributed by atoms with Gasteiger partial charge in [0.1, 0.15) is 5.75 Å². The molecule has 0 atom stereocenters. The highest BCUT2D eigenvalue weighted by Gasteiger charge is 2.16. The van der Waals surface area contributed by atoms with Crippen LogP contribution in [0, 0.1) is 0 Å². The van der Waals surface area contributed by atoms with Gasteiger partial charge in [-0.15, -0.1) is 0 Å². The molecular weight excluding hydrogens is 274 g/mol. The molecule has 3 nitrogen and oxygen atoms in total. The lowest BCUT2D eigenvalue weighted by molar-refractivity contribution is 0.101. The van der Waals surface area contributed by atoms with E-state index in [2.05, 4.69) is 4.90 Å². The first kappa shape index (κ1) is 15.3. The van der Waals surface area contributed by atoms with Crippen molar-refractivity contribution < 1.29 is 9.90 Å². The van der Waals surface area contributed by atoms with E-state index in [1.165, 1.54) is 45.1 Å². The Bertz CT molecular complexity index is 480. The molecule has 20 heavy (non-hydrogen) atoms. The number of phenols is 1. The third-order valence-corrected chi connectivity index (χ3v) is 4.09. The van der Waals surface area contributed by atoms with Gasteiger partial charge < -0.3 is 5.11 Å². The van der Waals surface area contributed by atoms with Crippen LogP contribution >= 0.6 is 11.6 Å². The fraction of sp³-hybridized carbons (Fsp3) is 0.562. The van der Waals surface area contributed by atoms with Crippen LogP contribution in [0.5, 0.6) is 5.75 Å². The first-order valence-corrected chi connectivity index (χ1v) is 7.70. The smallest absolute Gasteiger partial charge is 0.163 e. The van der Waals surface area contributed by atoms with Gasteiger partial charge in [0.05, 0.1) is 5.56 Å². The minimum Gasteiger partial charge on any atom is -0.507 e. The number of hydrogen-bond acceptors (Lipinski definition) is 3. The number of halogens is 1. The molecule has 1 aromatic carbocycles. The second kappa shape index (κ2) is 7.09. The third-order valence-electron chi connectivity index (χ3n) is 3.88. The first-order chi connectivity index (χ1) is 9.58. The summed E-state index contributed by atoms with van der Waals surface area (Å²) in [7, 11) is 0. The van der Waals surface area contributed by atoms with Crippen LogP contribution in [0.1, 0.15) is 54.9 Å². The zero-order chi connectivity index (χ0) is 14.5. The number of carbonyl (C=O) groups excluding carboxylic acids is 1. The number of Topliss-reactive ketones (excluding diaryl/α,β-unsaturated/α-hetero) is 1. The Labute approximate surface area is 125 Å². The number of nitrogens with zero attached hydrogens (tertiary/aromatic N) is 1. The molecule has 0 saturated carbocycles. The van der Waals surface area contributed by atoms with Gasteiger partial charge in [0.2, 0.25) is 0 Å². The fourth-order valence-corrected chi connectivity index (χ4v) is 3.00. The molecule has 110 valence electrons. The van der Waals surface area contributed by atoms with E-state index >= 15 is 0 Å². The van der Waals surface area contributed by atoms with Crippen molar-refractivity contribution in [3.05, 3.63) is 28.3 Å². The lowest BCUT2D eigenvalue weighted by atomic mass is 10.0. The van der Waals surface area contributed by atoms with Crippen LogP contribution in [-0.4, -0.2) is 28.9 Å². The van der Waals surface area contributed by atoms with E-state index in [9.17, 15) is 9.90 Å². The Kier molecular flexibility index (Phi) is 5.44. The lowest BCUT2D eigenvalue weighted by Crippen LogP contribution is -2.27. The summed E-state index contributed by atoms with van der Waals surface area (Å²) in [6.45, 7) is 4.20. The van der Waals surface area contributed by atoms with Gasteiger partial charge in [0, 0.05) is 17.1 Å². The van der Waals surface area contributed by atoms with Crippen molar-refractivity contribution >= 4 is 17.4 Å². The predicted molar refractivity (Wildman–Crippen MR) is 81.5 cm³/mol. The normalized spacial score (nSPS) is 17.5. The van der Waals surface area contributed by atoms with E-state index in [-0.39, 0.29) is 11.5 Å². The number of rotatable bonds is 3. The van der Waals surface area contributed by atoms with E-state index in [0.717, 1.165) is 18.7 Å². The largest absolute Gasteiger partial charge is 0.507 e. The zero-order valence-electron chi connectivity index (χ0n) is 12.0. The second-order valence-corrected chi connectivity index (χ2v) is 6.00. The molecule has 2 rings (SSSR count). The van der Waals surface area contributed by atoms with Crippen LogP contribution in [0.15, 0.2) is 12.1 Å². The summed E-state index contributed by atoms with van der Waals surface area (Å²) < 4.78 is 0. The predicted octanol–water partition coefficient (Wildman–Crippen LogP) is 4.01. The maximum atomic E-state index is 11.5. The summed E-state index contributed by atoms with van der Waals surface area (Å²) in [6.07, 6.45) is 6.26. The quantitative estimate of drug-likeness (QED) is 0.856. The van der Waals surface area contributed by atoms with Crippen LogP contribution in [-0.2, 0) is 6.54 Å². The summed E-state index contributed by atoms with van der Waals surface area (Å²) in [4.78, 5) is 13.9. The van der Waals surface area contributed by atoms with Gasteiger partial charge >= 0.3 is 0 Å². The molecule has 0 bridgehead atoms. The molecule has 0 unspecified atom stereocenters. The fourth-order valence-electron chi connectivity index (χ4n) is 2.76. The van der Waals surface area contributed by atoms with Gasteiger partial charge in [-0.25, -0.2) is 0 Å². The van der Waals surface area contributed by atoms with E-state index in [0.29, 0.717) is 17.1 Å². The van der Waals surface area contributed by atoms with E-state index in [1.807, 2.05) is 0 Å². The van der Waals surface area contributed by atoms with E-state index < -0.39 is 0 Å². The van der Waals surface area contributed by atoms with Crippen LogP contribution in [0.25, 0.3) is 0 Å². The first-order valence-electron chi connectivity index (χ1n) is 7.32. The number of aromatic hydroxyl groups is 1. The van der Waals surface area contributed by atoms with Gasteiger partial charge in [-0.2, -0.15) is 0 Å². The van der Waals surface area contributed by atoms with Crippen molar-refractivity contribution in [1.82, 2.24) is 4.90 Å². The number of phenolic OH excluding ortho intramolecular Hbond substituents is 1. The van der Waals surface area contributed by atoms with Crippen molar-refractivity contribution in [3.63, 3.8) is 0 Å². The number of likely N-dealkylation sites (tertiary alicyclic amines) is 1.